The van der Waals surface area contributed by atoms with E-state index in [2.05, 4.69) is 20.6 Å². The molecule has 0 aliphatic rings. The smallest absolute Gasteiger partial charge is 0.257 e. The van der Waals surface area contributed by atoms with Gasteiger partial charge in [-0.3, -0.25) is 10.1 Å². The van der Waals surface area contributed by atoms with Crippen LogP contribution >= 0.6 is 12.2 Å². The number of aromatic nitrogens is 2. The summed E-state index contributed by atoms with van der Waals surface area (Å²) in [5, 5.41) is 5.85. The van der Waals surface area contributed by atoms with Crippen molar-refractivity contribution in [2.24, 2.45) is 0 Å². The quantitative estimate of drug-likeness (QED) is 0.636. The Morgan fingerprint density at radius 2 is 1.96 bits per heavy atom. The molecule has 0 unspecified atom stereocenters. The molecular weight excluding hydrogens is 324 g/mol. The third-order valence-electron chi connectivity index (χ3n) is 3.43. The van der Waals surface area contributed by atoms with Gasteiger partial charge < -0.3 is 15.0 Å². The van der Waals surface area contributed by atoms with Crippen molar-refractivity contribution in [3.63, 3.8) is 0 Å². The number of hydrogen-bond donors (Lipinski definition) is 3. The Morgan fingerprint density at radius 1 is 1.21 bits per heavy atom. The first-order valence-electron chi connectivity index (χ1n) is 7.32. The van der Waals surface area contributed by atoms with E-state index in [1.54, 1.807) is 31.4 Å². The van der Waals surface area contributed by atoms with Gasteiger partial charge in [-0.2, -0.15) is 0 Å². The highest BCUT2D eigenvalue weighted by Gasteiger charge is 2.08. The van der Waals surface area contributed by atoms with Crippen LogP contribution in [0.4, 0.5) is 0 Å². The SMILES string of the molecule is COc1ccc(C(=O)NC(=S)NCc2nc3ccccc3[nH]2)cc1. The maximum Gasteiger partial charge on any atom is 0.257 e. The number of nitrogens with one attached hydrogen (secondary N) is 3. The Bertz CT molecular complexity index is 841. The molecule has 0 bridgehead atoms. The van der Waals surface area contributed by atoms with E-state index in [9.17, 15) is 4.79 Å². The fourth-order valence-corrected chi connectivity index (χ4v) is 2.38. The molecule has 1 heterocycles. The largest absolute Gasteiger partial charge is 0.497 e. The summed E-state index contributed by atoms with van der Waals surface area (Å²) in [5.41, 5.74) is 2.36. The Balaban J connectivity index is 1.55. The molecule has 7 heteroatoms. The molecule has 24 heavy (non-hydrogen) atoms. The zero-order chi connectivity index (χ0) is 16.9. The summed E-state index contributed by atoms with van der Waals surface area (Å²) in [6.07, 6.45) is 0. The first-order chi connectivity index (χ1) is 11.7. The summed E-state index contributed by atoms with van der Waals surface area (Å²) in [7, 11) is 1.58. The summed E-state index contributed by atoms with van der Waals surface area (Å²) in [6.45, 7) is 0.399. The van der Waals surface area contributed by atoms with E-state index in [4.69, 9.17) is 17.0 Å². The minimum absolute atomic E-state index is 0.247. The second-order valence-corrected chi connectivity index (χ2v) is 5.47. The van der Waals surface area contributed by atoms with Crippen molar-refractivity contribution < 1.29 is 9.53 Å². The van der Waals surface area contributed by atoms with Gasteiger partial charge in [-0.1, -0.05) is 12.1 Å². The van der Waals surface area contributed by atoms with E-state index in [-0.39, 0.29) is 11.0 Å². The Hall–Kier alpha value is -2.93. The average molecular weight is 340 g/mol. The normalized spacial score (nSPS) is 10.4. The van der Waals surface area contributed by atoms with E-state index in [1.807, 2.05) is 24.3 Å². The maximum absolute atomic E-state index is 12.1. The summed E-state index contributed by atoms with van der Waals surface area (Å²) in [4.78, 5) is 19.7. The number of carbonyl (C=O) groups excluding carboxylic acids is 1. The molecule has 1 aromatic heterocycles. The molecule has 6 nitrogen and oxygen atoms in total. The number of nitrogens with zero attached hydrogens (tertiary/aromatic N) is 1. The van der Waals surface area contributed by atoms with Crippen LogP contribution in [0.2, 0.25) is 0 Å². The molecule has 3 N–H and O–H groups in total. The van der Waals surface area contributed by atoms with Crippen molar-refractivity contribution >= 4 is 34.3 Å². The molecule has 0 spiro atoms. The van der Waals surface area contributed by atoms with Crippen molar-refractivity contribution in [1.82, 2.24) is 20.6 Å². The molecule has 0 aliphatic carbocycles. The highest BCUT2D eigenvalue weighted by molar-refractivity contribution is 7.80. The van der Waals surface area contributed by atoms with Crippen LogP contribution in [-0.4, -0.2) is 28.1 Å². The third-order valence-corrected chi connectivity index (χ3v) is 3.68. The number of aromatic amines is 1. The lowest BCUT2D eigenvalue weighted by Gasteiger charge is -2.08. The number of H-pyrrole nitrogens is 1. The number of carbonyl (C=O) groups is 1. The number of amides is 1. The van der Waals surface area contributed by atoms with Crippen LogP contribution in [0.25, 0.3) is 11.0 Å². The van der Waals surface area contributed by atoms with Gasteiger partial charge in [-0.05, 0) is 48.6 Å². The van der Waals surface area contributed by atoms with E-state index in [0.29, 0.717) is 17.9 Å². The number of benzene rings is 2. The van der Waals surface area contributed by atoms with Crippen molar-refractivity contribution in [2.45, 2.75) is 6.54 Å². The van der Waals surface area contributed by atoms with Crippen molar-refractivity contribution in [3.8, 4) is 5.75 Å². The molecule has 2 aromatic carbocycles. The number of thiocarbonyl (C=S) groups is 1. The van der Waals surface area contributed by atoms with Crippen LogP contribution in [0.3, 0.4) is 0 Å². The molecule has 0 saturated carbocycles. The number of ether oxygens (including phenoxy) is 1. The van der Waals surface area contributed by atoms with E-state index >= 15 is 0 Å². The molecule has 1 amide bonds. The lowest BCUT2D eigenvalue weighted by molar-refractivity contribution is 0.0976. The summed E-state index contributed by atoms with van der Waals surface area (Å²) in [5.74, 6) is 1.16. The van der Waals surface area contributed by atoms with E-state index in [0.717, 1.165) is 16.9 Å². The Morgan fingerprint density at radius 3 is 2.67 bits per heavy atom. The third kappa shape index (κ3) is 3.69. The highest BCUT2D eigenvalue weighted by atomic mass is 32.1. The molecular formula is C17H16N4O2S. The highest BCUT2D eigenvalue weighted by Crippen LogP contribution is 2.11. The van der Waals surface area contributed by atoms with Crippen LogP contribution in [0.15, 0.2) is 48.5 Å². The average Bonchev–Trinajstić information content (AvgIpc) is 3.03. The minimum Gasteiger partial charge on any atom is -0.497 e. The molecule has 0 atom stereocenters. The van der Waals surface area contributed by atoms with Gasteiger partial charge in [0.25, 0.3) is 5.91 Å². The fraction of sp³-hybridized carbons (Fsp3) is 0.118. The molecule has 0 radical (unpaired) electrons. The first-order valence-corrected chi connectivity index (χ1v) is 7.73. The number of methoxy groups -OCH3 is 1. The van der Waals surface area contributed by atoms with E-state index < -0.39 is 0 Å². The standard InChI is InChI=1S/C17H16N4O2S/c1-23-12-8-6-11(7-9-12)16(22)21-17(24)18-10-15-19-13-4-2-3-5-14(13)20-15/h2-9H,10H2,1H3,(H,19,20)(H2,18,21,22,24). The molecule has 0 fully saturated rings. The van der Waals surface area contributed by atoms with Crippen molar-refractivity contribution in [3.05, 3.63) is 59.9 Å². The van der Waals surface area contributed by atoms with Gasteiger partial charge in [0, 0.05) is 5.56 Å². The summed E-state index contributed by atoms with van der Waals surface area (Å²) >= 11 is 5.15. The van der Waals surface area contributed by atoms with Crippen LogP contribution in [-0.2, 0) is 6.54 Å². The van der Waals surface area contributed by atoms with Crippen LogP contribution in [0.5, 0.6) is 5.75 Å². The van der Waals surface area contributed by atoms with Crippen LogP contribution in [0.1, 0.15) is 16.2 Å². The van der Waals surface area contributed by atoms with Gasteiger partial charge in [-0.25, -0.2) is 4.98 Å². The lowest BCUT2D eigenvalue weighted by Crippen LogP contribution is -2.39. The Kier molecular flexibility index (Phi) is 4.72. The van der Waals surface area contributed by atoms with E-state index in [1.165, 1.54) is 0 Å². The fourth-order valence-electron chi connectivity index (χ4n) is 2.22. The monoisotopic (exact) mass is 340 g/mol. The van der Waals surface area contributed by atoms with Gasteiger partial charge in [0.2, 0.25) is 0 Å². The predicted molar refractivity (Wildman–Crippen MR) is 96.0 cm³/mol. The van der Waals surface area contributed by atoms with Gasteiger partial charge in [0.1, 0.15) is 11.6 Å². The summed E-state index contributed by atoms with van der Waals surface area (Å²) < 4.78 is 5.06. The zero-order valence-electron chi connectivity index (χ0n) is 13.0. The van der Waals surface area contributed by atoms with Crippen molar-refractivity contribution in [2.75, 3.05) is 7.11 Å². The van der Waals surface area contributed by atoms with Crippen LogP contribution < -0.4 is 15.4 Å². The lowest BCUT2D eigenvalue weighted by atomic mass is 10.2. The molecule has 3 aromatic rings. The predicted octanol–water partition coefficient (Wildman–Crippen LogP) is 2.38. The van der Waals surface area contributed by atoms with Gasteiger partial charge in [0.15, 0.2) is 5.11 Å². The number of para-hydroxylation sites is 2. The molecule has 122 valence electrons. The molecule has 0 aliphatic heterocycles. The number of rotatable bonds is 4. The topological polar surface area (TPSA) is 79.0 Å². The second kappa shape index (κ2) is 7.10. The van der Waals surface area contributed by atoms with Crippen LogP contribution in [0, 0.1) is 0 Å². The number of hydrogen-bond acceptors (Lipinski definition) is 4. The number of fused-ring (bicyclic) bond motifs is 1. The summed E-state index contributed by atoms with van der Waals surface area (Å²) in [6, 6.07) is 14.6. The Labute approximate surface area is 144 Å². The molecule has 3 rings (SSSR count). The zero-order valence-corrected chi connectivity index (χ0v) is 13.8. The van der Waals surface area contributed by atoms with Gasteiger partial charge in [-0.15, -0.1) is 0 Å². The maximum atomic E-state index is 12.1. The van der Waals surface area contributed by atoms with Gasteiger partial charge >= 0.3 is 0 Å². The number of imidazole rings is 1. The molecule has 0 saturated heterocycles. The first kappa shape index (κ1) is 15.9. The van der Waals surface area contributed by atoms with Crippen molar-refractivity contribution in [1.29, 1.82) is 0 Å². The minimum atomic E-state index is -0.278. The van der Waals surface area contributed by atoms with Gasteiger partial charge in [0.05, 0.1) is 24.7 Å². The second-order valence-electron chi connectivity index (χ2n) is 5.07.